The molecule has 1 saturated heterocycles. The lowest BCUT2D eigenvalue weighted by Crippen LogP contribution is -2.32. The average Bonchev–Trinajstić information content (AvgIpc) is 3.09. The number of rotatable bonds is 6. The fourth-order valence-corrected chi connectivity index (χ4v) is 2.92. The number of thiophene rings is 1. The normalized spacial score (nSPS) is 14.6. The van der Waals surface area contributed by atoms with Crippen LogP contribution in [0.4, 0.5) is 0 Å². The van der Waals surface area contributed by atoms with Crippen molar-refractivity contribution in [2.24, 2.45) is 0 Å². The van der Waals surface area contributed by atoms with Crippen molar-refractivity contribution in [3.05, 3.63) is 22.4 Å². The Labute approximate surface area is 117 Å². The molecule has 1 aromatic rings. The minimum atomic E-state index is 0.0302. The summed E-state index contributed by atoms with van der Waals surface area (Å²) in [6.07, 6.45) is 3.92. The van der Waals surface area contributed by atoms with Crippen LogP contribution in [0.1, 0.15) is 30.6 Å². The van der Waals surface area contributed by atoms with E-state index in [2.05, 4.69) is 5.32 Å². The summed E-state index contributed by atoms with van der Waals surface area (Å²) in [6.45, 7) is 2.22. The molecule has 1 fully saturated rings. The van der Waals surface area contributed by atoms with E-state index < -0.39 is 0 Å². The van der Waals surface area contributed by atoms with Crippen molar-refractivity contribution < 1.29 is 9.59 Å². The van der Waals surface area contributed by atoms with Crippen LogP contribution in [0.2, 0.25) is 0 Å². The summed E-state index contributed by atoms with van der Waals surface area (Å²) in [5.41, 5.74) is 0. The van der Waals surface area contributed by atoms with Crippen LogP contribution in [-0.2, 0) is 16.0 Å². The highest BCUT2D eigenvalue weighted by Crippen LogP contribution is 2.11. The molecule has 1 aliphatic heterocycles. The Kier molecular flexibility index (Phi) is 5.39. The van der Waals surface area contributed by atoms with Gasteiger partial charge in [-0.25, -0.2) is 0 Å². The van der Waals surface area contributed by atoms with Gasteiger partial charge in [-0.3, -0.25) is 9.59 Å². The number of hydrogen-bond donors (Lipinski definition) is 1. The van der Waals surface area contributed by atoms with Crippen LogP contribution in [0.5, 0.6) is 0 Å². The Bertz CT molecular complexity index is 411. The van der Waals surface area contributed by atoms with Crippen LogP contribution in [-0.4, -0.2) is 36.3 Å². The van der Waals surface area contributed by atoms with Crippen LogP contribution in [0.15, 0.2) is 17.5 Å². The molecule has 4 nitrogen and oxygen atoms in total. The van der Waals surface area contributed by atoms with Crippen LogP contribution in [0.3, 0.4) is 0 Å². The van der Waals surface area contributed by atoms with E-state index in [9.17, 15) is 9.59 Å². The first-order valence-electron chi connectivity index (χ1n) is 6.82. The van der Waals surface area contributed by atoms with Gasteiger partial charge in [-0.15, -0.1) is 11.3 Å². The quantitative estimate of drug-likeness (QED) is 0.864. The highest BCUT2D eigenvalue weighted by Gasteiger charge is 2.17. The monoisotopic (exact) mass is 280 g/mol. The molecule has 0 radical (unpaired) electrons. The molecular weight excluding hydrogens is 260 g/mol. The summed E-state index contributed by atoms with van der Waals surface area (Å²) in [7, 11) is 0. The standard InChI is InChI=1S/C14H20N2O2S/c17-13(6-5-12-4-3-11-19-12)15-8-7-14(18)16-9-1-2-10-16/h3-4,11H,1-2,5-10H2,(H,15,17). The van der Waals surface area contributed by atoms with Crippen molar-refractivity contribution in [2.45, 2.75) is 32.1 Å². The zero-order chi connectivity index (χ0) is 13.5. The van der Waals surface area contributed by atoms with Gasteiger partial charge in [-0.2, -0.15) is 0 Å². The molecular formula is C14H20N2O2S. The van der Waals surface area contributed by atoms with Crippen molar-refractivity contribution in [3.63, 3.8) is 0 Å². The second kappa shape index (κ2) is 7.28. The first-order valence-corrected chi connectivity index (χ1v) is 7.70. The van der Waals surface area contributed by atoms with Gasteiger partial charge in [0.1, 0.15) is 0 Å². The SMILES string of the molecule is O=C(CCc1cccs1)NCCC(=O)N1CCCC1. The number of likely N-dealkylation sites (tertiary alicyclic amines) is 1. The predicted octanol–water partition coefficient (Wildman–Crippen LogP) is 1.81. The number of nitrogens with one attached hydrogen (secondary N) is 1. The largest absolute Gasteiger partial charge is 0.356 e. The summed E-state index contributed by atoms with van der Waals surface area (Å²) in [5, 5.41) is 4.83. The van der Waals surface area contributed by atoms with Crippen molar-refractivity contribution in [3.8, 4) is 0 Å². The third-order valence-corrected chi connectivity index (χ3v) is 4.23. The van der Waals surface area contributed by atoms with E-state index in [1.165, 1.54) is 4.88 Å². The molecule has 1 aromatic heterocycles. The second-order valence-corrected chi connectivity index (χ2v) is 5.80. The van der Waals surface area contributed by atoms with Crippen LogP contribution < -0.4 is 5.32 Å². The molecule has 104 valence electrons. The van der Waals surface area contributed by atoms with Gasteiger partial charge in [0.2, 0.25) is 11.8 Å². The average molecular weight is 280 g/mol. The van der Waals surface area contributed by atoms with E-state index in [0.29, 0.717) is 19.4 Å². The van der Waals surface area contributed by atoms with E-state index in [1.54, 1.807) is 11.3 Å². The third-order valence-electron chi connectivity index (χ3n) is 3.30. The molecule has 1 N–H and O–H groups in total. The van der Waals surface area contributed by atoms with E-state index in [-0.39, 0.29) is 11.8 Å². The Hall–Kier alpha value is -1.36. The molecule has 0 bridgehead atoms. The maximum Gasteiger partial charge on any atom is 0.224 e. The van der Waals surface area contributed by atoms with E-state index in [4.69, 9.17) is 0 Å². The van der Waals surface area contributed by atoms with Gasteiger partial charge in [0.05, 0.1) is 0 Å². The van der Waals surface area contributed by atoms with Crippen LogP contribution >= 0.6 is 11.3 Å². The van der Waals surface area contributed by atoms with Crippen molar-refractivity contribution in [1.29, 1.82) is 0 Å². The maximum atomic E-state index is 11.7. The minimum absolute atomic E-state index is 0.0302. The molecule has 0 spiro atoms. The molecule has 2 amide bonds. The number of hydrogen-bond acceptors (Lipinski definition) is 3. The fourth-order valence-electron chi connectivity index (χ4n) is 2.21. The van der Waals surface area contributed by atoms with Gasteiger partial charge in [-0.05, 0) is 30.7 Å². The van der Waals surface area contributed by atoms with Crippen molar-refractivity contribution >= 4 is 23.2 Å². The van der Waals surface area contributed by atoms with Gasteiger partial charge in [0, 0.05) is 37.4 Å². The van der Waals surface area contributed by atoms with Gasteiger partial charge in [0.15, 0.2) is 0 Å². The number of carbonyl (C=O) groups excluding carboxylic acids is 2. The molecule has 2 rings (SSSR count). The predicted molar refractivity (Wildman–Crippen MR) is 76.1 cm³/mol. The molecule has 0 unspecified atom stereocenters. The lowest BCUT2D eigenvalue weighted by molar-refractivity contribution is -0.130. The molecule has 5 heteroatoms. The first-order chi connectivity index (χ1) is 9.25. The Morgan fingerprint density at radius 1 is 1.26 bits per heavy atom. The summed E-state index contributed by atoms with van der Waals surface area (Å²) in [6, 6.07) is 4.03. The van der Waals surface area contributed by atoms with Crippen LogP contribution in [0.25, 0.3) is 0 Å². The molecule has 0 aromatic carbocycles. The van der Waals surface area contributed by atoms with Gasteiger partial charge in [0.25, 0.3) is 0 Å². The summed E-state index contributed by atoms with van der Waals surface area (Å²) in [5.74, 6) is 0.193. The molecule has 2 heterocycles. The molecule has 0 saturated carbocycles. The van der Waals surface area contributed by atoms with E-state index >= 15 is 0 Å². The number of nitrogens with zero attached hydrogens (tertiary/aromatic N) is 1. The lowest BCUT2D eigenvalue weighted by Gasteiger charge is -2.15. The smallest absolute Gasteiger partial charge is 0.224 e. The Morgan fingerprint density at radius 3 is 2.74 bits per heavy atom. The Morgan fingerprint density at radius 2 is 2.05 bits per heavy atom. The molecule has 1 aliphatic rings. The van der Waals surface area contributed by atoms with Crippen molar-refractivity contribution in [2.75, 3.05) is 19.6 Å². The number of amides is 2. The summed E-state index contributed by atoms with van der Waals surface area (Å²) >= 11 is 1.67. The number of carbonyl (C=O) groups is 2. The third kappa shape index (κ3) is 4.67. The lowest BCUT2D eigenvalue weighted by atomic mass is 10.2. The summed E-state index contributed by atoms with van der Waals surface area (Å²) < 4.78 is 0. The van der Waals surface area contributed by atoms with Gasteiger partial charge < -0.3 is 10.2 Å². The maximum absolute atomic E-state index is 11.7. The van der Waals surface area contributed by atoms with Crippen LogP contribution in [0, 0.1) is 0 Å². The zero-order valence-corrected chi connectivity index (χ0v) is 11.9. The minimum Gasteiger partial charge on any atom is -0.356 e. The Balaban J connectivity index is 1.57. The summed E-state index contributed by atoms with van der Waals surface area (Å²) in [4.78, 5) is 26.5. The van der Waals surface area contributed by atoms with Gasteiger partial charge in [-0.1, -0.05) is 6.07 Å². The fraction of sp³-hybridized carbons (Fsp3) is 0.571. The van der Waals surface area contributed by atoms with Gasteiger partial charge >= 0.3 is 0 Å². The first kappa shape index (κ1) is 14.1. The van der Waals surface area contributed by atoms with Crippen molar-refractivity contribution in [1.82, 2.24) is 10.2 Å². The molecule has 0 atom stereocenters. The van der Waals surface area contributed by atoms with E-state index in [0.717, 1.165) is 32.4 Å². The highest BCUT2D eigenvalue weighted by molar-refractivity contribution is 7.09. The topological polar surface area (TPSA) is 49.4 Å². The number of aryl methyl sites for hydroxylation is 1. The molecule has 19 heavy (non-hydrogen) atoms. The molecule has 0 aliphatic carbocycles. The highest BCUT2D eigenvalue weighted by atomic mass is 32.1. The second-order valence-electron chi connectivity index (χ2n) is 4.77. The van der Waals surface area contributed by atoms with E-state index in [1.807, 2.05) is 22.4 Å². The zero-order valence-electron chi connectivity index (χ0n) is 11.1.